The van der Waals surface area contributed by atoms with Gasteiger partial charge < -0.3 is 0 Å². The van der Waals surface area contributed by atoms with Gasteiger partial charge in [0, 0.05) is 0 Å². The molecule has 22 heavy (non-hydrogen) atoms. The number of thiophene rings is 1. The van der Waals surface area contributed by atoms with E-state index < -0.39 is 0 Å². The molecule has 1 aliphatic carbocycles. The van der Waals surface area contributed by atoms with Crippen molar-refractivity contribution in [2.75, 3.05) is 0 Å². The first-order valence-electron chi connectivity index (χ1n) is 7.50. The number of allylic oxidation sites excluding steroid dienone is 4. The van der Waals surface area contributed by atoms with Crippen LogP contribution in [0.2, 0.25) is 0 Å². The van der Waals surface area contributed by atoms with Crippen molar-refractivity contribution in [3.63, 3.8) is 0 Å². The summed E-state index contributed by atoms with van der Waals surface area (Å²) < 4.78 is 4.62. The molecule has 0 aliphatic heterocycles. The van der Waals surface area contributed by atoms with Crippen molar-refractivity contribution in [1.82, 2.24) is 0 Å². The monoisotopic (exact) mass is 416 g/mol. The third-order valence-electron chi connectivity index (χ3n) is 4.32. The van der Waals surface area contributed by atoms with Crippen LogP contribution in [0.5, 0.6) is 0 Å². The van der Waals surface area contributed by atoms with Crippen LogP contribution in [0.4, 0.5) is 0 Å². The third kappa shape index (κ3) is 2.02. The van der Waals surface area contributed by atoms with Gasteiger partial charge in [0.25, 0.3) is 0 Å². The average Bonchev–Trinajstić information content (AvgIpc) is 3.20. The summed E-state index contributed by atoms with van der Waals surface area (Å²) in [7, 11) is 0. The van der Waals surface area contributed by atoms with Gasteiger partial charge in [-0.15, -0.1) is 0 Å². The second kappa shape index (κ2) is 4.83. The van der Waals surface area contributed by atoms with E-state index in [-0.39, 0.29) is 20.4 Å². The Labute approximate surface area is 143 Å². The molecule has 0 saturated carbocycles. The first kappa shape index (κ1) is 13.1. The number of rotatable bonds is 1. The Kier molecular flexibility index (Phi) is 2.89. The minimum atomic E-state index is -0.101. The molecular weight excluding hydrogens is 400 g/mol. The molecule has 2 heterocycles. The van der Waals surface area contributed by atoms with Crippen molar-refractivity contribution in [3.05, 3.63) is 63.1 Å². The summed E-state index contributed by atoms with van der Waals surface area (Å²) in [5, 5.41) is 5.64. The molecule has 2 aromatic heterocycles. The third-order valence-corrected chi connectivity index (χ3v) is 8.39. The molecule has 5 rings (SSSR count). The molecule has 0 saturated heterocycles. The maximum atomic E-state index is 2.44. The van der Waals surface area contributed by atoms with Crippen LogP contribution < -0.4 is 0 Å². The van der Waals surface area contributed by atoms with E-state index >= 15 is 0 Å². The molecule has 0 amide bonds. The molecule has 0 atom stereocenters. The van der Waals surface area contributed by atoms with Gasteiger partial charge in [0.15, 0.2) is 0 Å². The number of fused-ring (bicyclic) bond motifs is 3. The van der Waals surface area contributed by atoms with Crippen molar-refractivity contribution in [2.24, 2.45) is 0 Å². The van der Waals surface area contributed by atoms with Crippen molar-refractivity contribution in [2.45, 2.75) is 13.3 Å². The van der Waals surface area contributed by atoms with Gasteiger partial charge >= 0.3 is 143 Å². The van der Waals surface area contributed by atoms with Crippen molar-refractivity contribution in [1.29, 1.82) is 0 Å². The van der Waals surface area contributed by atoms with Gasteiger partial charge in [-0.05, 0) is 0 Å². The van der Waals surface area contributed by atoms with Crippen molar-refractivity contribution >= 4 is 67.0 Å². The molecule has 0 radical (unpaired) electrons. The summed E-state index contributed by atoms with van der Waals surface area (Å²) in [5.74, 6) is 0. The molecular formula is C20H14STe. The minimum absolute atomic E-state index is 0.101. The van der Waals surface area contributed by atoms with Crippen LogP contribution >= 0.6 is 11.3 Å². The molecule has 0 N–H and O–H groups in total. The average molecular weight is 414 g/mol. The molecule has 0 bridgehead atoms. The van der Waals surface area contributed by atoms with E-state index in [0.29, 0.717) is 0 Å². The van der Waals surface area contributed by atoms with Gasteiger partial charge in [-0.2, -0.15) is 0 Å². The van der Waals surface area contributed by atoms with Gasteiger partial charge in [0.05, 0.1) is 0 Å². The molecule has 2 aromatic carbocycles. The predicted octanol–water partition coefficient (Wildman–Crippen LogP) is 5.92. The van der Waals surface area contributed by atoms with Gasteiger partial charge in [0.1, 0.15) is 0 Å². The fraction of sp³-hybridized carbons (Fsp3) is 0.100. The Morgan fingerprint density at radius 3 is 2.64 bits per heavy atom. The van der Waals surface area contributed by atoms with Gasteiger partial charge in [-0.1, -0.05) is 0 Å². The number of benzene rings is 2. The second-order valence-corrected chi connectivity index (χ2v) is 10.7. The SMILES string of the molecule is Cc1cc2cc3cc4cc(C5=CC=CC5)sc4cc3cc2[te]1. The molecule has 1 aliphatic rings. The summed E-state index contributed by atoms with van der Waals surface area (Å²) in [5.41, 5.74) is 1.46. The zero-order chi connectivity index (χ0) is 14.7. The topological polar surface area (TPSA) is 0 Å². The normalized spacial score (nSPS) is 14.5. The van der Waals surface area contributed by atoms with Crippen molar-refractivity contribution in [3.8, 4) is 0 Å². The van der Waals surface area contributed by atoms with Gasteiger partial charge in [-0.3, -0.25) is 0 Å². The van der Waals surface area contributed by atoms with E-state index in [1.807, 2.05) is 11.3 Å². The first-order valence-corrected chi connectivity index (χ1v) is 10.6. The maximum absolute atomic E-state index is 2.44. The first-order chi connectivity index (χ1) is 10.8. The summed E-state index contributed by atoms with van der Waals surface area (Å²) >= 11 is 1.83. The van der Waals surface area contributed by atoms with E-state index in [1.54, 1.807) is 6.98 Å². The number of hydrogen-bond donors (Lipinski definition) is 0. The van der Waals surface area contributed by atoms with Crippen molar-refractivity contribution < 1.29 is 0 Å². The second-order valence-electron chi connectivity index (χ2n) is 5.92. The van der Waals surface area contributed by atoms with Crippen LogP contribution in [-0.4, -0.2) is 20.4 Å². The van der Waals surface area contributed by atoms with E-state index in [2.05, 4.69) is 61.5 Å². The fourth-order valence-corrected chi connectivity index (χ4v) is 7.10. The quantitative estimate of drug-likeness (QED) is 0.340. The Morgan fingerprint density at radius 1 is 0.909 bits per heavy atom. The summed E-state index contributed by atoms with van der Waals surface area (Å²) in [6, 6.07) is 14.3. The number of aryl methyl sites for hydroxylation is 1. The Balaban J connectivity index is 1.77. The fourth-order valence-electron chi connectivity index (χ4n) is 3.24. The molecule has 0 fully saturated rings. The summed E-state index contributed by atoms with van der Waals surface area (Å²) in [6.45, 7) is 2.28. The molecule has 0 spiro atoms. The van der Waals surface area contributed by atoms with Crippen LogP contribution in [0, 0.1) is 6.92 Å². The standard InChI is InChI=1S/C20H14STe/c1-12-6-17-8-14-7-16-10-18(13-4-2-3-5-13)21-19(16)9-15(14)11-20(17)22-12/h2-4,6-11H,5H2,1H3. The Hall–Kier alpha value is -1.33. The zero-order valence-electron chi connectivity index (χ0n) is 12.2. The summed E-state index contributed by atoms with van der Waals surface area (Å²) in [6.07, 6.45) is 7.73. The van der Waals surface area contributed by atoms with Crippen LogP contribution in [0.3, 0.4) is 0 Å². The molecule has 2 heteroatoms. The van der Waals surface area contributed by atoms with Crippen LogP contribution in [0.15, 0.2) is 54.6 Å². The van der Waals surface area contributed by atoms with Crippen LogP contribution in [-0.2, 0) is 0 Å². The molecule has 0 nitrogen and oxygen atoms in total. The Morgan fingerprint density at radius 2 is 1.77 bits per heavy atom. The zero-order valence-corrected chi connectivity index (χ0v) is 15.4. The molecule has 106 valence electrons. The van der Waals surface area contributed by atoms with Crippen LogP contribution in [0.25, 0.3) is 35.2 Å². The Bertz CT molecular complexity index is 1030. The van der Waals surface area contributed by atoms with Gasteiger partial charge in [0.2, 0.25) is 0 Å². The molecule has 0 unspecified atom stereocenters. The van der Waals surface area contributed by atoms with E-state index in [9.17, 15) is 0 Å². The molecule has 4 aromatic rings. The summed E-state index contributed by atoms with van der Waals surface area (Å²) in [4.78, 5) is 1.42. The van der Waals surface area contributed by atoms with E-state index in [1.165, 1.54) is 36.7 Å². The van der Waals surface area contributed by atoms with E-state index in [0.717, 1.165) is 6.42 Å². The van der Waals surface area contributed by atoms with Gasteiger partial charge in [-0.25, -0.2) is 0 Å². The number of hydrogen-bond acceptors (Lipinski definition) is 1. The van der Waals surface area contributed by atoms with E-state index in [4.69, 9.17) is 0 Å². The predicted molar refractivity (Wildman–Crippen MR) is 100 cm³/mol. The van der Waals surface area contributed by atoms with Crippen LogP contribution in [0.1, 0.15) is 14.9 Å².